The summed E-state index contributed by atoms with van der Waals surface area (Å²) in [6, 6.07) is 11.7. The molecule has 0 aliphatic carbocycles. The van der Waals surface area contributed by atoms with Crippen LogP contribution in [0.25, 0.3) is 10.8 Å². The molecule has 6 nitrogen and oxygen atoms in total. The third kappa shape index (κ3) is 3.35. The molecule has 3 aromatic rings. The highest BCUT2D eigenvalue weighted by atomic mass is 19.1. The van der Waals surface area contributed by atoms with Crippen LogP contribution < -0.4 is 10.6 Å². The van der Waals surface area contributed by atoms with E-state index in [1.54, 1.807) is 37.3 Å². The van der Waals surface area contributed by atoms with E-state index < -0.39 is 11.7 Å². The summed E-state index contributed by atoms with van der Waals surface area (Å²) >= 11 is 0. The van der Waals surface area contributed by atoms with Gasteiger partial charge in [-0.25, -0.2) is 4.39 Å². The van der Waals surface area contributed by atoms with Gasteiger partial charge in [0.2, 0.25) is 5.91 Å². The lowest BCUT2D eigenvalue weighted by molar-refractivity contribution is -0.121. The Labute approximate surface area is 143 Å². The van der Waals surface area contributed by atoms with Gasteiger partial charge in [-0.1, -0.05) is 30.3 Å². The minimum atomic E-state index is -0.590. The summed E-state index contributed by atoms with van der Waals surface area (Å²) in [6.45, 7) is 1.81. The summed E-state index contributed by atoms with van der Waals surface area (Å²) in [5, 5.41) is 10.3. The summed E-state index contributed by atoms with van der Waals surface area (Å²) in [6.07, 6.45) is 0. The molecule has 128 valence electrons. The zero-order chi connectivity index (χ0) is 18.0. The van der Waals surface area contributed by atoms with Gasteiger partial charge in [0.05, 0.1) is 5.56 Å². The van der Waals surface area contributed by atoms with Crippen molar-refractivity contribution < 1.29 is 14.0 Å². The standard InChI is InChI=1S/C18H17FN4O2/c1-11-9-15(22-23(11)10-16(24)20-2)21-18(25)14-8-7-12-5-3-4-6-13(12)17(14)19/h3-9H,10H2,1-2H3,(H,20,24)(H,21,22,25). The lowest BCUT2D eigenvalue weighted by Gasteiger charge is -2.06. The van der Waals surface area contributed by atoms with Crippen molar-refractivity contribution in [3.05, 3.63) is 59.5 Å². The highest BCUT2D eigenvalue weighted by Gasteiger charge is 2.16. The van der Waals surface area contributed by atoms with Crippen LogP contribution in [0.4, 0.5) is 10.2 Å². The second-order valence-electron chi connectivity index (χ2n) is 5.60. The van der Waals surface area contributed by atoms with E-state index in [-0.39, 0.29) is 23.8 Å². The van der Waals surface area contributed by atoms with Gasteiger partial charge in [0.25, 0.3) is 5.91 Å². The largest absolute Gasteiger partial charge is 0.358 e. The smallest absolute Gasteiger partial charge is 0.259 e. The first kappa shape index (κ1) is 16.6. The topological polar surface area (TPSA) is 76.0 Å². The maximum absolute atomic E-state index is 14.6. The van der Waals surface area contributed by atoms with E-state index in [4.69, 9.17) is 0 Å². The predicted octanol–water partition coefficient (Wildman–Crippen LogP) is 2.48. The number of likely N-dealkylation sites (N-methyl/N-ethyl adjacent to an activating group) is 1. The Kier molecular flexibility index (Phi) is 4.47. The molecule has 0 unspecified atom stereocenters. The minimum absolute atomic E-state index is 0.0442. The molecule has 0 saturated carbocycles. The van der Waals surface area contributed by atoms with Gasteiger partial charge in [0, 0.05) is 24.2 Å². The van der Waals surface area contributed by atoms with Crippen molar-refractivity contribution in [2.75, 3.05) is 12.4 Å². The van der Waals surface area contributed by atoms with Crippen molar-refractivity contribution in [3.8, 4) is 0 Å². The first-order valence-corrected chi connectivity index (χ1v) is 7.73. The zero-order valence-corrected chi connectivity index (χ0v) is 13.8. The quantitative estimate of drug-likeness (QED) is 0.766. The number of hydrogen-bond donors (Lipinski definition) is 2. The van der Waals surface area contributed by atoms with Crippen LogP contribution in [0.1, 0.15) is 16.1 Å². The average molecular weight is 340 g/mol. The van der Waals surface area contributed by atoms with Crippen LogP contribution in [-0.2, 0) is 11.3 Å². The first-order valence-electron chi connectivity index (χ1n) is 7.73. The second-order valence-corrected chi connectivity index (χ2v) is 5.60. The molecule has 2 amide bonds. The van der Waals surface area contributed by atoms with Crippen molar-refractivity contribution in [1.82, 2.24) is 15.1 Å². The van der Waals surface area contributed by atoms with Crippen molar-refractivity contribution in [2.24, 2.45) is 0 Å². The molecule has 0 aliphatic heterocycles. The van der Waals surface area contributed by atoms with E-state index in [1.165, 1.54) is 17.8 Å². The Bertz CT molecular complexity index is 965. The van der Waals surface area contributed by atoms with Gasteiger partial charge in [0.1, 0.15) is 12.4 Å². The summed E-state index contributed by atoms with van der Waals surface area (Å²) < 4.78 is 16.0. The van der Waals surface area contributed by atoms with Gasteiger partial charge < -0.3 is 10.6 Å². The van der Waals surface area contributed by atoms with Crippen molar-refractivity contribution in [1.29, 1.82) is 0 Å². The lowest BCUT2D eigenvalue weighted by atomic mass is 10.1. The third-order valence-corrected chi connectivity index (χ3v) is 3.90. The van der Waals surface area contributed by atoms with Gasteiger partial charge in [-0.3, -0.25) is 14.3 Å². The monoisotopic (exact) mass is 340 g/mol. The number of nitrogens with one attached hydrogen (secondary N) is 2. The Hall–Kier alpha value is -3.22. The van der Waals surface area contributed by atoms with Crippen LogP contribution in [-0.4, -0.2) is 28.6 Å². The Balaban J connectivity index is 1.84. The molecular weight excluding hydrogens is 323 g/mol. The molecule has 2 aromatic carbocycles. The number of halogens is 1. The summed E-state index contributed by atoms with van der Waals surface area (Å²) in [5.41, 5.74) is 0.648. The Morgan fingerprint density at radius 3 is 2.72 bits per heavy atom. The number of rotatable bonds is 4. The summed E-state index contributed by atoms with van der Waals surface area (Å²) in [5.74, 6) is -1.10. The molecule has 2 N–H and O–H groups in total. The van der Waals surface area contributed by atoms with Crippen molar-refractivity contribution >= 4 is 28.4 Å². The Morgan fingerprint density at radius 2 is 1.96 bits per heavy atom. The number of amides is 2. The summed E-state index contributed by atoms with van der Waals surface area (Å²) in [7, 11) is 1.53. The van der Waals surface area contributed by atoms with Crippen LogP contribution in [0, 0.1) is 12.7 Å². The zero-order valence-electron chi connectivity index (χ0n) is 13.8. The molecule has 3 rings (SSSR count). The van der Waals surface area contributed by atoms with Crippen molar-refractivity contribution in [3.63, 3.8) is 0 Å². The van der Waals surface area contributed by atoms with Gasteiger partial charge >= 0.3 is 0 Å². The molecule has 0 spiro atoms. The maximum atomic E-state index is 14.6. The van der Waals surface area contributed by atoms with Crippen molar-refractivity contribution in [2.45, 2.75) is 13.5 Å². The van der Waals surface area contributed by atoms with E-state index in [1.807, 2.05) is 6.07 Å². The number of carbonyl (C=O) groups is 2. The molecule has 7 heteroatoms. The van der Waals surface area contributed by atoms with Gasteiger partial charge in [-0.05, 0) is 18.4 Å². The number of aromatic nitrogens is 2. The maximum Gasteiger partial charge on any atom is 0.259 e. The second kappa shape index (κ2) is 6.72. The van der Waals surface area contributed by atoms with Crippen LogP contribution in [0.2, 0.25) is 0 Å². The fourth-order valence-corrected chi connectivity index (χ4v) is 2.54. The number of hydrogen-bond acceptors (Lipinski definition) is 3. The normalized spacial score (nSPS) is 10.7. The van der Waals surface area contributed by atoms with E-state index in [2.05, 4.69) is 15.7 Å². The first-order chi connectivity index (χ1) is 12.0. The van der Waals surface area contributed by atoms with E-state index in [9.17, 15) is 14.0 Å². The van der Waals surface area contributed by atoms with Gasteiger partial charge in [-0.15, -0.1) is 0 Å². The average Bonchev–Trinajstić information content (AvgIpc) is 2.94. The predicted molar refractivity (Wildman–Crippen MR) is 92.9 cm³/mol. The SMILES string of the molecule is CNC(=O)Cn1nc(NC(=O)c2ccc3ccccc3c2F)cc1C. The molecule has 0 saturated heterocycles. The molecule has 0 fully saturated rings. The molecule has 1 aromatic heterocycles. The van der Waals surface area contributed by atoms with E-state index in [0.29, 0.717) is 11.1 Å². The molecule has 0 aliphatic rings. The fraction of sp³-hybridized carbons (Fsp3) is 0.167. The van der Waals surface area contributed by atoms with Crippen LogP contribution in [0.5, 0.6) is 0 Å². The highest BCUT2D eigenvalue weighted by Crippen LogP contribution is 2.22. The molecular formula is C18H17FN4O2. The van der Waals surface area contributed by atoms with E-state index in [0.717, 1.165) is 5.39 Å². The number of benzene rings is 2. The number of carbonyl (C=O) groups excluding carboxylic acids is 2. The van der Waals surface area contributed by atoms with Crippen LogP contribution >= 0.6 is 0 Å². The molecule has 1 heterocycles. The summed E-state index contributed by atoms with van der Waals surface area (Å²) in [4.78, 5) is 23.8. The fourth-order valence-electron chi connectivity index (χ4n) is 2.54. The molecule has 0 atom stereocenters. The highest BCUT2D eigenvalue weighted by molar-refractivity contribution is 6.06. The molecule has 25 heavy (non-hydrogen) atoms. The van der Waals surface area contributed by atoms with Crippen LogP contribution in [0.3, 0.4) is 0 Å². The lowest BCUT2D eigenvalue weighted by Crippen LogP contribution is -2.24. The molecule has 0 radical (unpaired) electrons. The van der Waals surface area contributed by atoms with Gasteiger partial charge in [-0.2, -0.15) is 5.10 Å². The number of nitrogens with zero attached hydrogens (tertiary/aromatic N) is 2. The number of fused-ring (bicyclic) bond motifs is 1. The van der Waals surface area contributed by atoms with Crippen LogP contribution in [0.15, 0.2) is 42.5 Å². The molecule has 0 bridgehead atoms. The number of anilines is 1. The third-order valence-electron chi connectivity index (χ3n) is 3.90. The minimum Gasteiger partial charge on any atom is -0.358 e. The Morgan fingerprint density at radius 1 is 1.20 bits per heavy atom. The van der Waals surface area contributed by atoms with Gasteiger partial charge in [0.15, 0.2) is 5.82 Å². The van der Waals surface area contributed by atoms with E-state index >= 15 is 0 Å². The number of aryl methyl sites for hydroxylation is 1.